The number of nitrogens with two attached hydrogens (primary N) is 2. The van der Waals surface area contributed by atoms with Gasteiger partial charge in [-0.15, -0.1) is 0 Å². The zero-order valence-electron chi connectivity index (χ0n) is 14.0. The highest BCUT2D eigenvalue weighted by Gasteiger charge is 2.14. The standard InChI is InChI=1S/C17H23N5O2/c1-3-11-5-4-6-12(7-11)15-14(16(19)23)9-21-17(22-15)20-8-13(18)10-24-2/h4-7,9,13H,3,8,10,18H2,1-2H3,(H2,19,23)(H,20,21,22)/t13-/m1/s1. The predicted molar refractivity (Wildman–Crippen MR) is 93.7 cm³/mol. The highest BCUT2D eigenvalue weighted by atomic mass is 16.5. The smallest absolute Gasteiger partial charge is 0.252 e. The molecule has 0 aliphatic rings. The summed E-state index contributed by atoms with van der Waals surface area (Å²) in [7, 11) is 1.59. The van der Waals surface area contributed by atoms with Gasteiger partial charge < -0.3 is 21.5 Å². The van der Waals surface area contributed by atoms with Crippen molar-refractivity contribution in [2.45, 2.75) is 19.4 Å². The maximum Gasteiger partial charge on any atom is 0.252 e. The van der Waals surface area contributed by atoms with Crippen LogP contribution in [-0.2, 0) is 11.2 Å². The fourth-order valence-corrected chi connectivity index (χ4v) is 2.30. The van der Waals surface area contributed by atoms with Crippen LogP contribution in [0, 0.1) is 0 Å². The molecule has 7 nitrogen and oxygen atoms in total. The molecule has 1 heterocycles. The van der Waals surface area contributed by atoms with Crippen LogP contribution in [0.4, 0.5) is 5.95 Å². The molecule has 0 aliphatic carbocycles. The number of benzene rings is 1. The summed E-state index contributed by atoms with van der Waals surface area (Å²) in [6.07, 6.45) is 2.33. The van der Waals surface area contributed by atoms with Crippen molar-refractivity contribution in [1.82, 2.24) is 9.97 Å². The molecule has 1 atom stereocenters. The molecule has 0 spiro atoms. The molecule has 2 aromatic rings. The highest BCUT2D eigenvalue weighted by molar-refractivity contribution is 5.98. The van der Waals surface area contributed by atoms with Gasteiger partial charge in [-0.25, -0.2) is 9.97 Å². The van der Waals surface area contributed by atoms with Crippen LogP contribution in [0.5, 0.6) is 0 Å². The molecule has 0 unspecified atom stereocenters. The number of hydrogen-bond donors (Lipinski definition) is 3. The Labute approximate surface area is 141 Å². The number of primary amides is 1. The highest BCUT2D eigenvalue weighted by Crippen LogP contribution is 2.23. The first-order valence-electron chi connectivity index (χ1n) is 7.79. The Morgan fingerprint density at radius 3 is 2.88 bits per heavy atom. The molecule has 0 saturated carbocycles. The molecule has 128 valence electrons. The normalized spacial score (nSPS) is 12.0. The summed E-state index contributed by atoms with van der Waals surface area (Å²) < 4.78 is 4.99. The number of aromatic nitrogens is 2. The molecule has 0 bridgehead atoms. The van der Waals surface area contributed by atoms with Crippen LogP contribution in [0.25, 0.3) is 11.3 Å². The molecular weight excluding hydrogens is 306 g/mol. The fraction of sp³-hybridized carbons (Fsp3) is 0.353. The van der Waals surface area contributed by atoms with E-state index in [-0.39, 0.29) is 11.6 Å². The van der Waals surface area contributed by atoms with Gasteiger partial charge in [-0.05, 0) is 18.1 Å². The van der Waals surface area contributed by atoms with Crippen LogP contribution >= 0.6 is 0 Å². The Morgan fingerprint density at radius 1 is 1.42 bits per heavy atom. The second-order valence-corrected chi connectivity index (χ2v) is 5.47. The Bertz CT molecular complexity index is 705. The number of nitrogens with one attached hydrogen (secondary N) is 1. The average molecular weight is 329 g/mol. The van der Waals surface area contributed by atoms with Crippen molar-refractivity contribution in [2.24, 2.45) is 11.5 Å². The van der Waals surface area contributed by atoms with E-state index in [0.717, 1.165) is 17.5 Å². The lowest BCUT2D eigenvalue weighted by atomic mass is 10.0. The molecule has 5 N–H and O–H groups in total. The van der Waals surface area contributed by atoms with Crippen LogP contribution in [0.15, 0.2) is 30.5 Å². The van der Waals surface area contributed by atoms with Crippen molar-refractivity contribution in [3.05, 3.63) is 41.6 Å². The van der Waals surface area contributed by atoms with Crippen molar-refractivity contribution < 1.29 is 9.53 Å². The van der Waals surface area contributed by atoms with Gasteiger partial charge in [-0.2, -0.15) is 0 Å². The Kier molecular flexibility index (Phi) is 6.22. The lowest BCUT2D eigenvalue weighted by molar-refractivity contribution is 0.100. The maximum absolute atomic E-state index is 11.7. The number of hydrogen-bond acceptors (Lipinski definition) is 6. The van der Waals surface area contributed by atoms with Gasteiger partial charge in [0, 0.05) is 31.5 Å². The first-order chi connectivity index (χ1) is 11.5. The summed E-state index contributed by atoms with van der Waals surface area (Å²) in [4.78, 5) is 20.3. The SMILES string of the molecule is CCc1cccc(-c2nc(NC[C@@H](N)COC)ncc2C(N)=O)c1. The second-order valence-electron chi connectivity index (χ2n) is 5.47. The molecule has 0 aliphatic heterocycles. The van der Waals surface area contributed by atoms with Crippen molar-refractivity contribution in [3.63, 3.8) is 0 Å². The third kappa shape index (κ3) is 4.50. The number of carbonyl (C=O) groups is 1. The second kappa shape index (κ2) is 8.37. The summed E-state index contributed by atoms with van der Waals surface area (Å²) in [6, 6.07) is 7.67. The monoisotopic (exact) mass is 329 g/mol. The van der Waals surface area contributed by atoms with E-state index in [2.05, 4.69) is 22.2 Å². The van der Waals surface area contributed by atoms with Gasteiger partial charge in [0.1, 0.15) is 0 Å². The molecule has 7 heteroatoms. The Morgan fingerprint density at radius 2 is 2.21 bits per heavy atom. The third-order valence-electron chi connectivity index (χ3n) is 3.57. The van der Waals surface area contributed by atoms with Gasteiger partial charge in [-0.3, -0.25) is 4.79 Å². The van der Waals surface area contributed by atoms with Crippen LogP contribution in [-0.4, -0.2) is 42.2 Å². The number of nitrogens with zero attached hydrogens (tertiary/aromatic N) is 2. The van der Waals surface area contributed by atoms with Gasteiger partial charge in [-0.1, -0.05) is 25.1 Å². The molecule has 2 rings (SSSR count). The van der Waals surface area contributed by atoms with Gasteiger partial charge >= 0.3 is 0 Å². The van der Waals surface area contributed by atoms with Crippen molar-refractivity contribution in [1.29, 1.82) is 0 Å². The fourth-order valence-electron chi connectivity index (χ4n) is 2.30. The first kappa shape index (κ1) is 17.8. The molecule has 1 amide bonds. The molecule has 1 aromatic carbocycles. The molecule has 0 fully saturated rings. The van der Waals surface area contributed by atoms with Crippen LogP contribution in [0.1, 0.15) is 22.8 Å². The van der Waals surface area contributed by atoms with Gasteiger partial charge in [0.15, 0.2) is 0 Å². The van der Waals surface area contributed by atoms with E-state index < -0.39 is 5.91 Å². The van der Waals surface area contributed by atoms with E-state index in [9.17, 15) is 4.79 Å². The lowest BCUT2D eigenvalue weighted by Crippen LogP contribution is -2.33. The Balaban J connectivity index is 2.32. The average Bonchev–Trinajstić information content (AvgIpc) is 2.60. The van der Waals surface area contributed by atoms with E-state index in [1.165, 1.54) is 6.20 Å². The first-order valence-corrected chi connectivity index (χ1v) is 7.79. The number of carbonyl (C=O) groups excluding carboxylic acids is 1. The number of methoxy groups -OCH3 is 1. The van der Waals surface area contributed by atoms with Crippen LogP contribution in [0.3, 0.4) is 0 Å². The summed E-state index contributed by atoms with van der Waals surface area (Å²) in [6.45, 7) is 2.95. The van der Waals surface area contributed by atoms with Gasteiger partial charge in [0.05, 0.1) is 17.9 Å². The van der Waals surface area contributed by atoms with Gasteiger partial charge in [0.2, 0.25) is 5.95 Å². The molecule has 0 radical (unpaired) electrons. The van der Waals surface area contributed by atoms with E-state index in [1.54, 1.807) is 7.11 Å². The number of anilines is 1. The molecule has 24 heavy (non-hydrogen) atoms. The topological polar surface area (TPSA) is 116 Å². The maximum atomic E-state index is 11.7. The minimum atomic E-state index is -0.561. The van der Waals surface area contributed by atoms with Crippen molar-refractivity contribution in [3.8, 4) is 11.3 Å². The number of amides is 1. The number of aryl methyl sites for hydroxylation is 1. The lowest BCUT2D eigenvalue weighted by Gasteiger charge is -2.13. The zero-order chi connectivity index (χ0) is 17.5. The quantitative estimate of drug-likeness (QED) is 0.670. The molecule has 0 saturated heterocycles. The van der Waals surface area contributed by atoms with E-state index in [4.69, 9.17) is 16.2 Å². The van der Waals surface area contributed by atoms with Crippen LogP contribution < -0.4 is 16.8 Å². The van der Waals surface area contributed by atoms with Crippen molar-refractivity contribution >= 4 is 11.9 Å². The minimum absolute atomic E-state index is 0.179. The predicted octanol–water partition coefficient (Wildman–Crippen LogP) is 1.19. The minimum Gasteiger partial charge on any atom is -0.383 e. The summed E-state index contributed by atoms with van der Waals surface area (Å²) in [5.41, 5.74) is 14.1. The van der Waals surface area contributed by atoms with E-state index in [0.29, 0.717) is 24.8 Å². The third-order valence-corrected chi connectivity index (χ3v) is 3.57. The van der Waals surface area contributed by atoms with Gasteiger partial charge in [0.25, 0.3) is 5.91 Å². The van der Waals surface area contributed by atoms with E-state index >= 15 is 0 Å². The van der Waals surface area contributed by atoms with E-state index in [1.807, 2.05) is 24.3 Å². The summed E-state index contributed by atoms with van der Waals surface area (Å²) in [5, 5.41) is 3.05. The molecule has 1 aromatic heterocycles. The number of rotatable bonds is 8. The largest absolute Gasteiger partial charge is 0.383 e. The Hall–Kier alpha value is -2.51. The van der Waals surface area contributed by atoms with Crippen molar-refractivity contribution in [2.75, 3.05) is 25.6 Å². The summed E-state index contributed by atoms with van der Waals surface area (Å²) >= 11 is 0. The summed E-state index contributed by atoms with van der Waals surface area (Å²) in [5.74, 6) is -0.169. The van der Waals surface area contributed by atoms with Crippen LogP contribution in [0.2, 0.25) is 0 Å². The zero-order valence-corrected chi connectivity index (χ0v) is 14.0. The number of ether oxygens (including phenoxy) is 1. The molecular formula is C17H23N5O2.